The molecule has 0 N–H and O–H groups in total. The molecule has 0 aliphatic rings. The molecule has 14 heavy (non-hydrogen) atoms. The third kappa shape index (κ3) is 8.41. The summed E-state index contributed by atoms with van der Waals surface area (Å²) in [4.78, 5) is 4.17. The van der Waals surface area contributed by atoms with Crippen molar-refractivity contribution in [3.63, 3.8) is 0 Å². The highest BCUT2D eigenvalue weighted by atomic mass is 28.3. The third-order valence-corrected chi connectivity index (χ3v) is 3.69. The van der Waals surface area contributed by atoms with Crippen LogP contribution in [0.4, 0.5) is 0 Å². The predicted molar refractivity (Wildman–Crippen MR) is 62.1 cm³/mol. The first-order chi connectivity index (χ1) is 6.85. The summed E-state index contributed by atoms with van der Waals surface area (Å²) in [6.45, 7) is 8.46. The van der Waals surface area contributed by atoms with Crippen molar-refractivity contribution in [2.45, 2.75) is 39.7 Å². The van der Waals surface area contributed by atoms with Crippen LogP contribution >= 0.6 is 0 Å². The van der Waals surface area contributed by atoms with Gasteiger partial charge < -0.3 is 8.85 Å². The van der Waals surface area contributed by atoms with E-state index in [1.54, 1.807) is 0 Å². The van der Waals surface area contributed by atoms with Gasteiger partial charge in [0, 0.05) is 19.8 Å². The molecule has 0 spiro atoms. The average Bonchev–Trinajstić information content (AvgIpc) is 2.18. The summed E-state index contributed by atoms with van der Waals surface area (Å²) in [7, 11) is -0.985. The minimum absolute atomic E-state index is 0.765. The molecule has 0 rings (SSSR count). The number of aliphatic imine (C=N–C) groups is 1. The molecule has 0 saturated heterocycles. The Morgan fingerprint density at radius 2 is 1.79 bits per heavy atom. The van der Waals surface area contributed by atoms with Gasteiger partial charge >= 0.3 is 9.28 Å². The Kier molecular flexibility index (Phi) is 10.7. The van der Waals surface area contributed by atoms with Crippen LogP contribution in [0.15, 0.2) is 4.99 Å². The van der Waals surface area contributed by atoms with Gasteiger partial charge in [-0.05, 0) is 45.9 Å². The van der Waals surface area contributed by atoms with Crippen molar-refractivity contribution in [1.82, 2.24) is 0 Å². The van der Waals surface area contributed by atoms with E-state index < -0.39 is 9.28 Å². The molecule has 0 amide bonds. The van der Waals surface area contributed by atoms with Crippen LogP contribution in [-0.2, 0) is 8.85 Å². The lowest BCUT2D eigenvalue weighted by molar-refractivity contribution is 0.212. The first-order valence-corrected chi connectivity index (χ1v) is 6.93. The van der Waals surface area contributed by atoms with Gasteiger partial charge in [0.25, 0.3) is 0 Å². The fourth-order valence-corrected chi connectivity index (χ4v) is 2.66. The number of hydrogen-bond donors (Lipinski definition) is 0. The molecule has 0 aromatic carbocycles. The molecule has 83 valence electrons. The third-order valence-electron chi connectivity index (χ3n) is 1.71. The molecule has 0 aliphatic heterocycles. The summed E-state index contributed by atoms with van der Waals surface area (Å²) in [6.07, 6.45) is 4.15. The standard InChI is InChI=1S/C10H22NO2Si/c1-4-11-9-7-8-10-14(12-5-2)13-6-3/h4H,5-10H2,1-3H3. The molecule has 0 unspecified atom stereocenters. The molecule has 3 nitrogen and oxygen atoms in total. The zero-order valence-corrected chi connectivity index (χ0v) is 10.6. The lowest BCUT2D eigenvalue weighted by Crippen LogP contribution is -2.22. The van der Waals surface area contributed by atoms with Crippen molar-refractivity contribution in [3.8, 4) is 0 Å². The molecule has 0 saturated carbocycles. The zero-order valence-electron chi connectivity index (χ0n) is 9.58. The summed E-state index contributed by atoms with van der Waals surface area (Å²) in [5, 5.41) is 0. The van der Waals surface area contributed by atoms with E-state index in [0.29, 0.717) is 0 Å². The van der Waals surface area contributed by atoms with Gasteiger partial charge in [-0.2, -0.15) is 0 Å². The van der Waals surface area contributed by atoms with Crippen molar-refractivity contribution in [3.05, 3.63) is 0 Å². The molecule has 0 aliphatic carbocycles. The predicted octanol–water partition coefficient (Wildman–Crippen LogP) is 2.42. The van der Waals surface area contributed by atoms with Crippen LogP contribution in [0.25, 0.3) is 0 Å². The van der Waals surface area contributed by atoms with Crippen molar-refractivity contribution >= 4 is 15.5 Å². The van der Waals surface area contributed by atoms with Gasteiger partial charge in [-0.15, -0.1) is 0 Å². The van der Waals surface area contributed by atoms with Crippen LogP contribution in [0.1, 0.15) is 33.6 Å². The Bertz CT molecular complexity index is 136. The van der Waals surface area contributed by atoms with E-state index in [4.69, 9.17) is 8.85 Å². The summed E-state index contributed by atoms with van der Waals surface area (Å²) >= 11 is 0. The van der Waals surface area contributed by atoms with E-state index in [2.05, 4.69) is 4.99 Å². The topological polar surface area (TPSA) is 30.8 Å². The summed E-state index contributed by atoms with van der Waals surface area (Å²) in [5.41, 5.74) is 0. The summed E-state index contributed by atoms with van der Waals surface area (Å²) in [5.74, 6) is 0. The number of nitrogens with zero attached hydrogens (tertiary/aromatic N) is 1. The van der Waals surface area contributed by atoms with E-state index in [0.717, 1.165) is 38.6 Å². The molecule has 0 bridgehead atoms. The zero-order chi connectivity index (χ0) is 10.6. The summed E-state index contributed by atoms with van der Waals surface area (Å²) < 4.78 is 11.1. The van der Waals surface area contributed by atoms with E-state index in [1.807, 2.05) is 27.0 Å². The van der Waals surface area contributed by atoms with Crippen molar-refractivity contribution in [1.29, 1.82) is 0 Å². The summed E-state index contributed by atoms with van der Waals surface area (Å²) in [6, 6.07) is 1.07. The molecule has 1 radical (unpaired) electrons. The largest absolute Gasteiger partial charge is 0.394 e. The molecule has 0 aromatic heterocycles. The van der Waals surface area contributed by atoms with Crippen LogP contribution in [0.2, 0.25) is 6.04 Å². The van der Waals surface area contributed by atoms with Gasteiger partial charge in [-0.1, -0.05) is 0 Å². The van der Waals surface area contributed by atoms with E-state index in [9.17, 15) is 0 Å². The highest BCUT2D eigenvalue weighted by Crippen LogP contribution is 2.04. The number of unbranched alkanes of at least 4 members (excludes halogenated alkanes) is 1. The minimum Gasteiger partial charge on any atom is -0.394 e. The highest BCUT2D eigenvalue weighted by molar-refractivity contribution is 6.44. The van der Waals surface area contributed by atoms with Gasteiger partial charge in [0.15, 0.2) is 0 Å². The number of rotatable bonds is 9. The lowest BCUT2D eigenvalue weighted by atomic mass is 10.3. The van der Waals surface area contributed by atoms with Crippen LogP contribution in [0.5, 0.6) is 0 Å². The Morgan fingerprint density at radius 1 is 1.14 bits per heavy atom. The molecule has 0 fully saturated rings. The average molecular weight is 216 g/mol. The smallest absolute Gasteiger partial charge is 0.384 e. The maximum atomic E-state index is 5.53. The second-order valence-corrected chi connectivity index (χ2v) is 4.68. The molecular weight excluding hydrogens is 194 g/mol. The monoisotopic (exact) mass is 216 g/mol. The van der Waals surface area contributed by atoms with Gasteiger partial charge in [0.1, 0.15) is 0 Å². The Hall–Kier alpha value is -0.193. The van der Waals surface area contributed by atoms with Crippen LogP contribution < -0.4 is 0 Å². The molecule has 0 atom stereocenters. The Morgan fingerprint density at radius 3 is 2.29 bits per heavy atom. The van der Waals surface area contributed by atoms with Crippen LogP contribution in [-0.4, -0.2) is 35.3 Å². The highest BCUT2D eigenvalue weighted by Gasteiger charge is 2.13. The van der Waals surface area contributed by atoms with Crippen molar-refractivity contribution < 1.29 is 8.85 Å². The Balaban J connectivity index is 3.39. The second-order valence-electron chi connectivity index (χ2n) is 2.86. The van der Waals surface area contributed by atoms with Gasteiger partial charge in [0.05, 0.1) is 0 Å². The van der Waals surface area contributed by atoms with E-state index >= 15 is 0 Å². The van der Waals surface area contributed by atoms with Crippen molar-refractivity contribution in [2.75, 3.05) is 19.8 Å². The molecule has 0 heterocycles. The first kappa shape index (κ1) is 13.8. The maximum absolute atomic E-state index is 5.53. The second kappa shape index (κ2) is 10.9. The SMILES string of the molecule is CC=NCCCC[Si](OCC)OCC. The molecule has 0 aromatic rings. The van der Waals surface area contributed by atoms with Crippen LogP contribution in [0.3, 0.4) is 0 Å². The Labute approximate surface area is 89.4 Å². The first-order valence-electron chi connectivity index (χ1n) is 5.41. The molecule has 4 heteroatoms. The van der Waals surface area contributed by atoms with Gasteiger partial charge in [-0.25, -0.2) is 0 Å². The fourth-order valence-electron chi connectivity index (χ4n) is 1.11. The lowest BCUT2D eigenvalue weighted by Gasteiger charge is -2.12. The quantitative estimate of drug-likeness (QED) is 0.337. The molecular formula is C10H22NO2Si. The maximum Gasteiger partial charge on any atom is 0.384 e. The van der Waals surface area contributed by atoms with E-state index in [1.165, 1.54) is 0 Å². The van der Waals surface area contributed by atoms with Gasteiger partial charge in [-0.3, -0.25) is 4.99 Å². The number of hydrogen-bond acceptors (Lipinski definition) is 3. The van der Waals surface area contributed by atoms with Gasteiger partial charge in [0.2, 0.25) is 0 Å². The fraction of sp³-hybridized carbons (Fsp3) is 0.900. The van der Waals surface area contributed by atoms with Crippen molar-refractivity contribution in [2.24, 2.45) is 4.99 Å². The van der Waals surface area contributed by atoms with E-state index in [-0.39, 0.29) is 0 Å². The normalized spacial score (nSPS) is 11.7. The van der Waals surface area contributed by atoms with Crippen LogP contribution in [0, 0.1) is 0 Å². The minimum atomic E-state index is -0.985.